The van der Waals surface area contributed by atoms with E-state index in [2.05, 4.69) is 0 Å². The molecule has 0 bridgehead atoms. The van der Waals surface area contributed by atoms with Gasteiger partial charge in [-0.25, -0.2) is 4.39 Å². The van der Waals surface area contributed by atoms with Gasteiger partial charge in [0.25, 0.3) is 0 Å². The van der Waals surface area contributed by atoms with E-state index < -0.39 is 0 Å². The van der Waals surface area contributed by atoms with E-state index in [9.17, 15) is 4.39 Å². The smallest absolute Gasteiger partial charge is 0.123 e. The van der Waals surface area contributed by atoms with Gasteiger partial charge >= 0.3 is 0 Å². The number of rotatable bonds is 4. The first-order valence-corrected chi connectivity index (χ1v) is 5.36. The standard InChI is InChI=1S/C12H19FN2O/c1-8(7-16)15(3)12-5-4-10(13)6-11(12)9(2)14/h4-6,8-9,16H,7,14H2,1-3H3/t8?,9-/m0/s1. The maximum absolute atomic E-state index is 13.1. The molecule has 1 unspecified atom stereocenters. The molecule has 0 aliphatic heterocycles. The zero-order valence-corrected chi connectivity index (χ0v) is 9.94. The summed E-state index contributed by atoms with van der Waals surface area (Å²) in [6, 6.07) is 4.28. The first kappa shape index (κ1) is 12.9. The molecule has 1 rings (SSSR count). The summed E-state index contributed by atoms with van der Waals surface area (Å²) in [5.41, 5.74) is 7.42. The van der Waals surface area contributed by atoms with Crippen molar-refractivity contribution in [1.82, 2.24) is 0 Å². The van der Waals surface area contributed by atoms with Crippen molar-refractivity contribution in [2.45, 2.75) is 25.9 Å². The molecular weight excluding hydrogens is 207 g/mol. The molecule has 0 aliphatic rings. The number of hydrogen-bond donors (Lipinski definition) is 2. The van der Waals surface area contributed by atoms with Gasteiger partial charge in [0.05, 0.1) is 6.61 Å². The molecule has 1 aromatic carbocycles. The number of nitrogens with two attached hydrogens (primary N) is 1. The quantitative estimate of drug-likeness (QED) is 0.821. The van der Waals surface area contributed by atoms with Crippen LogP contribution in [0.1, 0.15) is 25.5 Å². The van der Waals surface area contributed by atoms with Crippen LogP contribution in [0.15, 0.2) is 18.2 Å². The fraction of sp³-hybridized carbons (Fsp3) is 0.500. The average molecular weight is 226 g/mol. The highest BCUT2D eigenvalue weighted by Crippen LogP contribution is 2.26. The Morgan fingerprint density at radius 3 is 2.56 bits per heavy atom. The molecule has 0 saturated heterocycles. The molecule has 3 N–H and O–H groups in total. The van der Waals surface area contributed by atoms with Crippen molar-refractivity contribution in [2.24, 2.45) is 5.73 Å². The molecular formula is C12H19FN2O. The minimum Gasteiger partial charge on any atom is -0.394 e. The van der Waals surface area contributed by atoms with Gasteiger partial charge in [-0.3, -0.25) is 0 Å². The minimum absolute atomic E-state index is 0.0250. The van der Waals surface area contributed by atoms with E-state index in [1.165, 1.54) is 12.1 Å². The Morgan fingerprint density at radius 1 is 1.44 bits per heavy atom. The van der Waals surface area contributed by atoms with E-state index in [0.717, 1.165) is 11.3 Å². The maximum Gasteiger partial charge on any atom is 0.123 e. The van der Waals surface area contributed by atoms with Crippen molar-refractivity contribution in [3.8, 4) is 0 Å². The third kappa shape index (κ3) is 2.71. The summed E-state index contributed by atoms with van der Waals surface area (Å²) in [4.78, 5) is 1.90. The number of halogens is 1. The molecule has 0 fully saturated rings. The Hall–Kier alpha value is -1.13. The monoisotopic (exact) mass is 226 g/mol. The summed E-state index contributed by atoms with van der Waals surface area (Å²) >= 11 is 0. The highest BCUT2D eigenvalue weighted by Gasteiger charge is 2.15. The van der Waals surface area contributed by atoms with Crippen LogP contribution in [-0.2, 0) is 0 Å². The van der Waals surface area contributed by atoms with E-state index in [1.54, 1.807) is 6.07 Å². The number of nitrogens with zero attached hydrogens (tertiary/aromatic N) is 1. The molecule has 0 radical (unpaired) electrons. The summed E-state index contributed by atoms with van der Waals surface area (Å²) in [5.74, 6) is -0.291. The number of hydrogen-bond acceptors (Lipinski definition) is 3. The predicted molar refractivity (Wildman–Crippen MR) is 64.0 cm³/mol. The van der Waals surface area contributed by atoms with Gasteiger partial charge in [0, 0.05) is 24.8 Å². The van der Waals surface area contributed by atoms with E-state index in [-0.39, 0.29) is 24.5 Å². The second-order valence-electron chi connectivity index (χ2n) is 4.13. The molecule has 0 aromatic heterocycles. The maximum atomic E-state index is 13.1. The fourth-order valence-electron chi connectivity index (χ4n) is 1.57. The Morgan fingerprint density at radius 2 is 2.06 bits per heavy atom. The van der Waals surface area contributed by atoms with Crippen molar-refractivity contribution in [2.75, 3.05) is 18.6 Å². The van der Waals surface area contributed by atoms with Gasteiger partial charge in [0.15, 0.2) is 0 Å². The van der Waals surface area contributed by atoms with Crippen LogP contribution in [0.25, 0.3) is 0 Å². The van der Waals surface area contributed by atoms with Crippen LogP contribution in [0.4, 0.5) is 10.1 Å². The van der Waals surface area contributed by atoms with Gasteiger partial charge in [-0.2, -0.15) is 0 Å². The third-order valence-corrected chi connectivity index (χ3v) is 2.79. The highest BCUT2D eigenvalue weighted by molar-refractivity contribution is 5.55. The lowest BCUT2D eigenvalue weighted by Crippen LogP contribution is -2.33. The zero-order valence-electron chi connectivity index (χ0n) is 9.94. The largest absolute Gasteiger partial charge is 0.394 e. The van der Waals surface area contributed by atoms with Crippen LogP contribution in [0.3, 0.4) is 0 Å². The molecule has 0 amide bonds. The third-order valence-electron chi connectivity index (χ3n) is 2.79. The number of aliphatic hydroxyl groups excluding tert-OH is 1. The minimum atomic E-state index is -0.291. The first-order chi connectivity index (χ1) is 7.47. The summed E-state index contributed by atoms with van der Waals surface area (Å²) in [7, 11) is 1.86. The van der Waals surface area contributed by atoms with Crippen molar-refractivity contribution in [3.05, 3.63) is 29.6 Å². The summed E-state index contributed by atoms with van der Waals surface area (Å²) in [5, 5.41) is 9.10. The molecule has 2 atom stereocenters. The van der Waals surface area contributed by atoms with Crippen LogP contribution < -0.4 is 10.6 Å². The Balaban J connectivity index is 3.12. The van der Waals surface area contributed by atoms with Gasteiger partial charge in [0.1, 0.15) is 5.82 Å². The van der Waals surface area contributed by atoms with Crippen molar-refractivity contribution >= 4 is 5.69 Å². The first-order valence-electron chi connectivity index (χ1n) is 5.36. The molecule has 16 heavy (non-hydrogen) atoms. The van der Waals surface area contributed by atoms with Gasteiger partial charge < -0.3 is 15.7 Å². The van der Waals surface area contributed by atoms with Crippen molar-refractivity contribution < 1.29 is 9.50 Å². The lowest BCUT2D eigenvalue weighted by Gasteiger charge is -2.28. The summed E-state index contributed by atoms with van der Waals surface area (Å²) < 4.78 is 13.1. The average Bonchev–Trinajstić information content (AvgIpc) is 2.26. The van der Waals surface area contributed by atoms with Crippen LogP contribution in [0, 0.1) is 5.82 Å². The van der Waals surface area contributed by atoms with Crippen molar-refractivity contribution in [3.63, 3.8) is 0 Å². The van der Waals surface area contributed by atoms with Crippen LogP contribution >= 0.6 is 0 Å². The summed E-state index contributed by atoms with van der Waals surface area (Å²) in [6.07, 6.45) is 0. The molecule has 1 aromatic rings. The number of aliphatic hydroxyl groups is 1. The van der Waals surface area contributed by atoms with Gasteiger partial charge in [-0.15, -0.1) is 0 Å². The van der Waals surface area contributed by atoms with E-state index in [1.807, 2.05) is 25.8 Å². The van der Waals surface area contributed by atoms with Gasteiger partial charge in [0.2, 0.25) is 0 Å². The lowest BCUT2D eigenvalue weighted by atomic mass is 10.0. The number of anilines is 1. The van der Waals surface area contributed by atoms with E-state index >= 15 is 0 Å². The molecule has 0 heterocycles. The molecule has 4 heteroatoms. The van der Waals surface area contributed by atoms with Crippen LogP contribution in [0.5, 0.6) is 0 Å². The van der Waals surface area contributed by atoms with E-state index in [0.29, 0.717) is 0 Å². The Bertz CT molecular complexity index is 355. The molecule has 0 spiro atoms. The highest BCUT2D eigenvalue weighted by atomic mass is 19.1. The number of benzene rings is 1. The Labute approximate surface area is 95.7 Å². The molecule has 0 saturated carbocycles. The second-order valence-corrected chi connectivity index (χ2v) is 4.13. The van der Waals surface area contributed by atoms with Crippen LogP contribution in [0.2, 0.25) is 0 Å². The van der Waals surface area contributed by atoms with Gasteiger partial charge in [-0.1, -0.05) is 0 Å². The predicted octanol–water partition coefficient (Wildman–Crippen LogP) is 1.66. The van der Waals surface area contributed by atoms with Gasteiger partial charge in [-0.05, 0) is 37.6 Å². The Kier molecular flexibility index (Phi) is 4.26. The zero-order chi connectivity index (χ0) is 12.3. The van der Waals surface area contributed by atoms with E-state index in [4.69, 9.17) is 10.8 Å². The normalized spacial score (nSPS) is 14.6. The number of likely N-dealkylation sites (N-methyl/N-ethyl adjacent to an activating group) is 1. The van der Waals surface area contributed by atoms with Crippen molar-refractivity contribution in [1.29, 1.82) is 0 Å². The molecule has 0 aliphatic carbocycles. The lowest BCUT2D eigenvalue weighted by molar-refractivity contribution is 0.270. The molecule has 90 valence electrons. The fourth-order valence-corrected chi connectivity index (χ4v) is 1.57. The topological polar surface area (TPSA) is 49.5 Å². The van der Waals surface area contributed by atoms with Crippen LogP contribution in [-0.4, -0.2) is 24.8 Å². The molecule has 3 nitrogen and oxygen atoms in total. The SMILES string of the molecule is CC(CO)N(C)c1ccc(F)cc1[C@H](C)N. The summed E-state index contributed by atoms with van der Waals surface area (Å²) in [6.45, 7) is 3.76. The second kappa shape index (κ2) is 5.27.